The zero-order chi connectivity index (χ0) is 13.1. The highest BCUT2D eigenvalue weighted by atomic mass is 16.5. The molecule has 3 heteroatoms. The zero-order valence-electron chi connectivity index (χ0n) is 10.7. The first kappa shape index (κ1) is 13.3. The normalized spacial score (nSPS) is 12.4. The molecule has 1 aromatic carbocycles. The Balaban J connectivity index is 2.86. The van der Waals surface area contributed by atoms with Crippen LogP contribution < -0.4 is 4.74 Å². The first-order valence-electron chi connectivity index (χ1n) is 5.52. The summed E-state index contributed by atoms with van der Waals surface area (Å²) in [6.45, 7) is 8.00. The minimum Gasteiger partial charge on any atom is -0.475 e. The second-order valence-electron chi connectivity index (χ2n) is 4.83. The van der Waals surface area contributed by atoms with Crippen molar-refractivity contribution in [3.05, 3.63) is 41.7 Å². The van der Waals surface area contributed by atoms with E-state index in [1.54, 1.807) is 19.1 Å². The number of hydrogen-bond donors (Lipinski definition) is 1. The quantitative estimate of drug-likeness (QED) is 0.644. The van der Waals surface area contributed by atoms with Crippen molar-refractivity contribution in [2.45, 2.75) is 33.1 Å². The molecule has 1 aromatic rings. The number of rotatable bonds is 3. The van der Waals surface area contributed by atoms with E-state index in [1.807, 2.05) is 12.1 Å². The summed E-state index contributed by atoms with van der Waals surface area (Å²) in [5.74, 6) is -0.589. The Kier molecular flexibility index (Phi) is 3.94. The Morgan fingerprint density at radius 1 is 1.24 bits per heavy atom. The predicted octanol–water partition coefficient (Wildman–Crippen LogP) is 3.35. The van der Waals surface area contributed by atoms with E-state index in [1.165, 1.54) is 11.6 Å². The standard InChI is InChI=1S/C14H18O3/c1-5-12(13(15)16)17-11-8-6-10(7-9-11)14(2,3)4/h5-9H,1-4H3,(H,15,16)/b12-5-. The molecule has 0 atom stereocenters. The number of carbonyl (C=O) groups is 1. The second kappa shape index (κ2) is 5.04. The van der Waals surface area contributed by atoms with Crippen molar-refractivity contribution in [1.82, 2.24) is 0 Å². The summed E-state index contributed by atoms with van der Waals surface area (Å²) in [7, 11) is 0. The summed E-state index contributed by atoms with van der Waals surface area (Å²) in [5.41, 5.74) is 1.26. The molecule has 0 heterocycles. The van der Waals surface area contributed by atoms with Gasteiger partial charge in [0.1, 0.15) is 5.75 Å². The van der Waals surface area contributed by atoms with Crippen LogP contribution in [0.3, 0.4) is 0 Å². The van der Waals surface area contributed by atoms with Gasteiger partial charge in [0.25, 0.3) is 0 Å². The number of hydrogen-bond acceptors (Lipinski definition) is 2. The molecule has 0 fully saturated rings. The smallest absolute Gasteiger partial charge is 0.371 e. The maximum Gasteiger partial charge on any atom is 0.371 e. The van der Waals surface area contributed by atoms with Crippen molar-refractivity contribution >= 4 is 5.97 Å². The van der Waals surface area contributed by atoms with Gasteiger partial charge in [-0.2, -0.15) is 0 Å². The lowest BCUT2D eigenvalue weighted by atomic mass is 9.87. The van der Waals surface area contributed by atoms with Gasteiger partial charge in [0.15, 0.2) is 0 Å². The topological polar surface area (TPSA) is 46.5 Å². The van der Waals surface area contributed by atoms with E-state index in [2.05, 4.69) is 20.8 Å². The lowest BCUT2D eigenvalue weighted by molar-refractivity contribution is -0.135. The van der Waals surface area contributed by atoms with E-state index in [9.17, 15) is 4.79 Å². The van der Waals surface area contributed by atoms with E-state index in [0.29, 0.717) is 5.75 Å². The van der Waals surface area contributed by atoms with Crippen LogP contribution in [0.4, 0.5) is 0 Å². The summed E-state index contributed by atoms with van der Waals surface area (Å²) in [5, 5.41) is 8.83. The Bertz CT molecular complexity index is 422. The summed E-state index contributed by atoms with van der Waals surface area (Å²) in [4.78, 5) is 10.8. The molecule has 3 nitrogen and oxygen atoms in total. The molecule has 0 saturated heterocycles. The van der Waals surface area contributed by atoms with E-state index in [4.69, 9.17) is 9.84 Å². The van der Waals surface area contributed by atoms with Gasteiger partial charge in [0, 0.05) is 0 Å². The number of allylic oxidation sites excluding steroid dienone is 1. The molecule has 1 N–H and O–H groups in total. The van der Waals surface area contributed by atoms with Crippen molar-refractivity contribution in [2.75, 3.05) is 0 Å². The molecule has 0 saturated carbocycles. The fraction of sp³-hybridized carbons (Fsp3) is 0.357. The van der Waals surface area contributed by atoms with Crippen LogP contribution >= 0.6 is 0 Å². The average Bonchev–Trinajstić information content (AvgIpc) is 2.25. The second-order valence-corrected chi connectivity index (χ2v) is 4.83. The highest BCUT2D eigenvalue weighted by Gasteiger charge is 2.14. The molecule has 1 rings (SSSR count). The fourth-order valence-corrected chi connectivity index (χ4v) is 1.38. The number of carboxylic acid groups (broad SMARTS) is 1. The molecule has 0 aromatic heterocycles. The molecule has 0 aliphatic carbocycles. The Hall–Kier alpha value is -1.77. The average molecular weight is 234 g/mol. The van der Waals surface area contributed by atoms with Gasteiger partial charge in [-0.3, -0.25) is 0 Å². The van der Waals surface area contributed by atoms with Crippen molar-refractivity contribution in [3.63, 3.8) is 0 Å². The van der Waals surface area contributed by atoms with Gasteiger partial charge in [-0.1, -0.05) is 32.9 Å². The first-order valence-corrected chi connectivity index (χ1v) is 5.52. The summed E-state index contributed by atoms with van der Waals surface area (Å²) >= 11 is 0. The summed E-state index contributed by atoms with van der Waals surface area (Å²) in [6.07, 6.45) is 1.43. The molecule has 0 radical (unpaired) electrons. The maximum absolute atomic E-state index is 10.8. The number of ether oxygens (including phenoxy) is 1. The van der Waals surface area contributed by atoms with Crippen molar-refractivity contribution < 1.29 is 14.6 Å². The highest BCUT2D eigenvalue weighted by Crippen LogP contribution is 2.24. The van der Waals surface area contributed by atoms with Gasteiger partial charge in [0.2, 0.25) is 5.76 Å². The fourth-order valence-electron chi connectivity index (χ4n) is 1.38. The molecule has 0 aliphatic rings. The number of benzene rings is 1. The van der Waals surface area contributed by atoms with Crippen LogP contribution in [-0.2, 0) is 10.2 Å². The van der Waals surface area contributed by atoms with Gasteiger partial charge < -0.3 is 9.84 Å². The van der Waals surface area contributed by atoms with Gasteiger partial charge in [-0.15, -0.1) is 0 Å². The van der Waals surface area contributed by atoms with E-state index >= 15 is 0 Å². The molecule has 17 heavy (non-hydrogen) atoms. The molecule has 0 spiro atoms. The highest BCUT2D eigenvalue weighted by molar-refractivity contribution is 5.84. The third kappa shape index (κ3) is 3.63. The first-order chi connectivity index (χ1) is 7.84. The van der Waals surface area contributed by atoms with Gasteiger partial charge in [-0.05, 0) is 36.1 Å². The van der Waals surface area contributed by atoms with Crippen LogP contribution in [0.25, 0.3) is 0 Å². The van der Waals surface area contributed by atoms with Gasteiger partial charge in [-0.25, -0.2) is 4.79 Å². The molecule has 0 bridgehead atoms. The van der Waals surface area contributed by atoms with E-state index in [0.717, 1.165) is 0 Å². The van der Waals surface area contributed by atoms with Crippen molar-refractivity contribution in [2.24, 2.45) is 0 Å². The van der Waals surface area contributed by atoms with Crippen LogP contribution in [0.5, 0.6) is 5.75 Å². The molecule has 0 unspecified atom stereocenters. The number of aliphatic carboxylic acids is 1. The van der Waals surface area contributed by atoms with E-state index in [-0.39, 0.29) is 11.2 Å². The third-order valence-corrected chi connectivity index (χ3v) is 2.42. The maximum atomic E-state index is 10.8. The Morgan fingerprint density at radius 2 is 1.76 bits per heavy atom. The molecule has 92 valence electrons. The molecule has 0 amide bonds. The zero-order valence-corrected chi connectivity index (χ0v) is 10.7. The third-order valence-electron chi connectivity index (χ3n) is 2.42. The Labute approximate surface area is 102 Å². The minimum absolute atomic E-state index is 0.0616. The van der Waals surface area contributed by atoms with Crippen molar-refractivity contribution in [1.29, 1.82) is 0 Å². The van der Waals surface area contributed by atoms with Gasteiger partial charge in [0.05, 0.1) is 0 Å². The van der Waals surface area contributed by atoms with Crippen LogP contribution in [0.1, 0.15) is 33.3 Å². The largest absolute Gasteiger partial charge is 0.475 e. The predicted molar refractivity (Wildman–Crippen MR) is 67.2 cm³/mol. The lowest BCUT2D eigenvalue weighted by Crippen LogP contribution is -2.11. The molecule has 0 aliphatic heterocycles. The van der Waals surface area contributed by atoms with Gasteiger partial charge >= 0.3 is 5.97 Å². The molecular formula is C14H18O3. The van der Waals surface area contributed by atoms with Crippen molar-refractivity contribution in [3.8, 4) is 5.75 Å². The number of carboxylic acids is 1. The Morgan fingerprint density at radius 3 is 2.12 bits per heavy atom. The van der Waals surface area contributed by atoms with Crippen LogP contribution in [0, 0.1) is 0 Å². The monoisotopic (exact) mass is 234 g/mol. The van der Waals surface area contributed by atoms with Crippen LogP contribution in [0.2, 0.25) is 0 Å². The summed E-state index contributed by atoms with van der Waals surface area (Å²) < 4.78 is 5.25. The minimum atomic E-state index is -1.06. The van der Waals surface area contributed by atoms with E-state index < -0.39 is 5.97 Å². The molecular weight excluding hydrogens is 216 g/mol. The van der Waals surface area contributed by atoms with Crippen LogP contribution in [-0.4, -0.2) is 11.1 Å². The van der Waals surface area contributed by atoms with Crippen LogP contribution in [0.15, 0.2) is 36.1 Å². The lowest BCUT2D eigenvalue weighted by Gasteiger charge is -2.19. The summed E-state index contributed by atoms with van der Waals surface area (Å²) in [6, 6.07) is 7.47. The SMILES string of the molecule is C/C=C(\Oc1ccc(C(C)(C)C)cc1)C(=O)O.